The number of nitrogens with one attached hydrogen (secondary N) is 2. The molecule has 2 N–H and O–H groups in total. The maximum absolute atomic E-state index is 12.4. The molecular weight excluding hydrogens is 318 g/mol. The summed E-state index contributed by atoms with van der Waals surface area (Å²) in [5.74, 6) is -0.805. The molecule has 0 unspecified atom stereocenters. The molecule has 1 fully saturated rings. The molecule has 1 aromatic carbocycles. The predicted molar refractivity (Wildman–Crippen MR) is 88.4 cm³/mol. The van der Waals surface area contributed by atoms with E-state index in [9.17, 15) is 14.4 Å². The van der Waals surface area contributed by atoms with Crippen molar-refractivity contribution in [2.75, 3.05) is 11.9 Å². The van der Waals surface area contributed by atoms with Crippen molar-refractivity contribution in [3.05, 3.63) is 28.8 Å². The number of carbonyl (C=O) groups excluding carboxylic acids is 3. The van der Waals surface area contributed by atoms with Gasteiger partial charge in [-0.3, -0.25) is 14.5 Å². The SMILES string of the molecule is CCC1(CC)NC(=O)N(CC(=O)Nc2ccc(C)c(Cl)c2)C1=O. The number of halogens is 1. The van der Waals surface area contributed by atoms with Crippen LogP contribution in [-0.4, -0.2) is 34.8 Å². The van der Waals surface area contributed by atoms with Crippen LogP contribution in [0.3, 0.4) is 0 Å². The van der Waals surface area contributed by atoms with E-state index in [2.05, 4.69) is 10.6 Å². The van der Waals surface area contributed by atoms with Gasteiger partial charge in [0.1, 0.15) is 12.1 Å². The van der Waals surface area contributed by atoms with Gasteiger partial charge in [0.25, 0.3) is 5.91 Å². The van der Waals surface area contributed by atoms with Gasteiger partial charge in [-0.2, -0.15) is 0 Å². The highest BCUT2D eigenvalue weighted by Gasteiger charge is 2.49. The summed E-state index contributed by atoms with van der Waals surface area (Å²) in [6, 6.07) is 4.59. The molecule has 0 aromatic heterocycles. The Balaban J connectivity index is 2.06. The average Bonchev–Trinajstić information content (AvgIpc) is 2.75. The molecule has 1 saturated heterocycles. The normalized spacial score (nSPS) is 16.4. The zero-order chi connectivity index (χ0) is 17.2. The average molecular weight is 338 g/mol. The van der Waals surface area contributed by atoms with Crippen molar-refractivity contribution in [1.29, 1.82) is 0 Å². The Bertz CT molecular complexity index is 656. The summed E-state index contributed by atoms with van der Waals surface area (Å²) < 4.78 is 0. The van der Waals surface area contributed by atoms with Gasteiger partial charge >= 0.3 is 6.03 Å². The number of aryl methyl sites for hydroxylation is 1. The molecule has 1 aliphatic heterocycles. The number of hydrogen-bond donors (Lipinski definition) is 2. The van der Waals surface area contributed by atoms with Crippen molar-refractivity contribution in [2.24, 2.45) is 0 Å². The molecule has 1 aromatic rings. The van der Waals surface area contributed by atoms with Crippen LogP contribution in [0, 0.1) is 6.92 Å². The molecule has 0 radical (unpaired) electrons. The third kappa shape index (κ3) is 3.32. The second-order valence-corrected chi connectivity index (χ2v) is 6.03. The fourth-order valence-corrected chi connectivity index (χ4v) is 2.74. The Hall–Kier alpha value is -2.08. The number of anilines is 1. The lowest BCUT2D eigenvalue weighted by Gasteiger charge is -2.23. The standard InChI is InChI=1S/C16H20ClN3O3/c1-4-16(5-2)14(22)20(15(23)19-16)9-13(21)18-11-7-6-10(3)12(17)8-11/h6-8H,4-5,9H2,1-3H3,(H,18,21)(H,19,23). The highest BCUT2D eigenvalue weighted by Crippen LogP contribution is 2.25. The van der Waals surface area contributed by atoms with E-state index in [1.807, 2.05) is 20.8 Å². The summed E-state index contributed by atoms with van der Waals surface area (Å²) in [5.41, 5.74) is 0.522. The molecule has 0 saturated carbocycles. The highest BCUT2D eigenvalue weighted by atomic mass is 35.5. The van der Waals surface area contributed by atoms with Crippen LogP contribution >= 0.6 is 11.6 Å². The molecular formula is C16H20ClN3O3. The minimum atomic E-state index is -0.898. The topological polar surface area (TPSA) is 78.5 Å². The van der Waals surface area contributed by atoms with E-state index < -0.39 is 17.5 Å². The molecule has 23 heavy (non-hydrogen) atoms. The van der Waals surface area contributed by atoms with Crippen molar-refractivity contribution >= 4 is 35.1 Å². The number of benzene rings is 1. The molecule has 1 aliphatic rings. The number of rotatable bonds is 5. The molecule has 4 amide bonds. The van der Waals surface area contributed by atoms with Gasteiger partial charge in [0, 0.05) is 10.7 Å². The fraction of sp³-hybridized carbons (Fsp3) is 0.438. The smallest absolute Gasteiger partial charge is 0.324 e. The van der Waals surface area contributed by atoms with Crippen molar-refractivity contribution in [2.45, 2.75) is 39.2 Å². The van der Waals surface area contributed by atoms with Crippen molar-refractivity contribution < 1.29 is 14.4 Å². The first kappa shape index (κ1) is 17.3. The summed E-state index contributed by atoms with van der Waals surface area (Å²) >= 11 is 6.01. The molecule has 2 rings (SSSR count). The lowest BCUT2D eigenvalue weighted by atomic mass is 9.93. The van der Waals surface area contributed by atoms with Gasteiger partial charge in [-0.15, -0.1) is 0 Å². The number of imide groups is 1. The van der Waals surface area contributed by atoms with E-state index in [0.29, 0.717) is 23.6 Å². The summed E-state index contributed by atoms with van der Waals surface area (Å²) in [7, 11) is 0. The van der Waals surface area contributed by atoms with Crippen LogP contribution in [0.15, 0.2) is 18.2 Å². The minimum Gasteiger partial charge on any atom is -0.324 e. The van der Waals surface area contributed by atoms with E-state index in [-0.39, 0.29) is 12.5 Å². The highest BCUT2D eigenvalue weighted by molar-refractivity contribution is 6.31. The molecule has 0 spiro atoms. The van der Waals surface area contributed by atoms with Crippen LogP contribution in [-0.2, 0) is 9.59 Å². The third-order valence-electron chi connectivity index (χ3n) is 4.21. The first-order chi connectivity index (χ1) is 10.8. The number of carbonyl (C=O) groups is 3. The van der Waals surface area contributed by atoms with Gasteiger partial charge in [0.2, 0.25) is 5.91 Å². The van der Waals surface area contributed by atoms with Crippen molar-refractivity contribution in [3.63, 3.8) is 0 Å². The number of amides is 4. The molecule has 0 aliphatic carbocycles. The first-order valence-corrected chi connectivity index (χ1v) is 7.91. The monoisotopic (exact) mass is 337 g/mol. The Morgan fingerprint density at radius 3 is 2.48 bits per heavy atom. The summed E-state index contributed by atoms with van der Waals surface area (Å²) in [6.45, 7) is 5.20. The zero-order valence-corrected chi connectivity index (χ0v) is 14.2. The van der Waals surface area contributed by atoms with Gasteiger partial charge in [0.05, 0.1) is 0 Å². The molecule has 0 bridgehead atoms. The Kier molecular flexibility index (Phi) is 4.94. The van der Waals surface area contributed by atoms with Crippen molar-refractivity contribution in [1.82, 2.24) is 10.2 Å². The van der Waals surface area contributed by atoms with E-state index in [1.54, 1.807) is 18.2 Å². The minimum absolute atomic E-state index is 0.322. The Morgan fingerprint density at radius 2 is 1.96 bits per heavy atom. The van der Waals surface area contributed by atoms with E-state index in [1.165, 1.54) is 0 Å². The van der Waals surface area contributed by atoms with Gasteiger partial charge in [-0.25, -0.2) is 4.79 Å². The zero-order valence-electron chi connectivity index (χ0n) is 13.4. The van der Waals surface area contributed by atoms with Gasteiger partial charge < -0.3 is 10.6 Å². The van der Waals surface area contributed by atoms with Crippen LogP contribution in [0.1, 0.15) is 32.3 Å². The largest absolute Gasteiger partial charge is 0.325 e. The van der Waals surface area contributed by atoms with E-state index >= 15 is 0 Å². The van der Waals surface area contributed by atoms with Crippen LogP contribution in [0.4, 0.5) is 10.5 Å². The predicted octanol–water partition coefficient (Wildman–Crippen LogP) is 2.70. The van der Waals surface area contributed by atoms with Crippen LogP contribution in [0.5, 0.6) is 0 Å². The van der Waals surface area contributed by atoms with Gasteiger partial charge in [0.15, 0.2) is 0 Å². The maximum Gasteiger partial charge on any atom is 0.325 e. The summed E-state index contributed by atoms with van der Waals surface area (Å²) in [5, 5.41) is 5.87. The van der Waals surface area contributed by atoms with Crippen LogP contribution in [0.25, 0.3) is 0 Å². The molecule has 7 heteroatoms. The number of hydrogen-bond acceptors (Lipinski definition) is 3. The molecule has 6 nitrogen and oxygen atoms in total. The van der Waals surface area contributed by atoms with Gasteiger partial charge in [-0.1, -0.05) is 31.5 Å². The molecule has 0 atom stereocenters. The second-order valence-electron chi connectivity index (χ2n) is 5.62. The summed E-state index contributed by atoms with van der Waals surface area (Å²) in [4.78, 5) is 37.5. The maximum atomic E-state index is 12.4. The lowest BCUT2D eigenvalue weighted by Crippen LogP contribution is -2.46. The molecule has 124 valence electrons. The lowest BCUT2D eigenvalue weighted by molar-refractivity contribution is -0.134. The van der Waals surface area contributed by atoms with Crippen LogP contribution in [0.2, 0.25) is 5.02 Å². The van der Waals surface area contributed by atoms with Gasteiger partial charge in [-0.05, 0) is 37.5 Å². The number of nitrogens with zero attached hydrogens (tertiary/aromatic N) is 1. The Labute approximate surface area is 140 Å². The Morgan fingerprint density at radius 1 is 1.30 bits per heavy atom. The third-order valence-corrected chi connectivity index (χ3v) is 4.62. The molecule has 1 heterocycles. The number of urea groups is 1. The van der Waals surface area contributed by atoms with Crippen LogP contribution < -0.4 is 10.6 Å². The first-order valence-electron chi connectivity index (χ1n) is 7.53. The van der Waals surface area contributed by atoms with Crippen molar-refractivity contribution in [3.8, 4) is 0 Å². The van der Waals surface area contributed by atoms with E-state index in [4.69, 9.17) is 11.6 Å². The van der Waals surface area contributed by atoms with E-state index in [0.717, 1.165) is 10.5 Å². The summed E-state index contributed by atoms with van der Waals surface area (Å²) in [6.07, 6.45) is 0.972. The second kappa shape index (κ2) is 6.58. The quantitative estimate of drug-likeness (QED) is 0.811. The fourth-order valence-electron chi connectivity index (χ4n) is 2.56.